The number of nitrogens with two attached hydrogens (primary N) is 1. The molecule has 0 radical (unpaired) electrons. The molecule has 0 aliphatic rings. The van der Waals surface area contributed by atoms with Crippen molar-refractivity contribution in [3.8, 4) is 11.1 Å². The fraction of sp³-hybridized carbons (Fsp3) is 0.278. The third-order valence-electron chi connectivity index (χ3n) is 3.63. The summed E-state index contributed by atoms with van der Waals surface area (Å²) in [7, 11) is 0. The van der Waals surface area contributed by atoms with E-state index < -0.39 is 12.0 Å². The van der Waals surface area contributed by atoms with Crippen LogP contribution in [0.15, 0.2) is 54.6 Å². The molecule has 0 spiro atoms. The van der Waals surface area contributed by atoms with Crippen molar-refractivity contribution in [3.63, 3.8) is 0 Å². The number of hydrogen-bond acceptors (Lipinski definition) is 3. The highest BCUT2D eigenvalue weighted by Crippen LogP contribution is 2.36. The zero-order valence-corrected chi connectivity index (χ0v) is 14.9. The molecule has 2 rings (SSSR count). The van der Waals surface area contributed by atoms with Gasteiger partial charge in [0, 0.05) is 10.5 Å². The van der Waals surface area contributed by atoms with E-state index in [4.69, 9.17) is 10.8 Å². The first-order valence-electron chi connectivity index (χ1n) is 7.18. The molecule has 2 aromatic carbocycles. The smallest absolute Gasteiger partial charge is 0.321 e. The SMILES string of the molecule is CC(C)(SCC(N)C(=O)O)c1ccc(-c2ccccc2)cc1.Cl. The number of thioether (sulfide) groups is 1. The van der Waals surface area contributed by atoms with Crippen molar-refractivity contribution in [1.82, 2.24) is 0 Å². The van der Waals surface area contributed by atoms with E-state index in [2.05, 4.69) is 50.2 Å². The van der Waals surface area contributed by atoms with Crippen LogP contribution in [-0.4, -0.2) is 22.9 Å². The molecule has 3 nitrogen and oxygen atoms in total. The normalized spacial score (nSPS) is 12.3. The van der Waals surface area contributed by atoms with Gasteiger partial charge in [-0.2, -0.15) is 0 Å². The van der Waals surface area contributed by atoms with Crippen molar-refractivity contribution >= 4 is 30.1 Å². The van der Waals surface area contributed by atoms with Gasteiger partial charge in [0.25, 0.3) is 0 Å². The Balaban J connectivity index is 0.00000264. The number of hydrogen-bond donors (Lipinski definition) is 2. The number of carbonyl (C=O) groups is 1. The number of halogens is 1. The average Bonchev–Trinajstić information content (AvgIpc) is 2.53. The molecule has 5 heteroatoms. The number of rotatable bonds is 6. The van der Waals surface area contributed by atoms with Crippen molar-refractivity contribution in [2.45, 2.75) is 24.6 Å². The van der Waals surface area contributed by atoms with E-state index in [1.165, 1.54) is 11.1 Å². The molecule has 0 aliphatic carbocycles. The lowest BCUT2D eigenvalue weighted by Crippen LogP contribution is -2.34. The van der Waals surface area contributed by atoms with Gasteiger partial charge >= 0.3 is 5.97 Å². The van der Waals surface area contributed by atoms with Gasteiger partial charge in [-0.3, -0.25) is 4.79 Å². The van der Waals surface area contributed by atoms with Crippen LogP contribution in [0, 0.1) is 0 Å². The molecule has 0 heterocycles. The largest absolute Gasteiger partial charge is 0.480 e. The molecule has 23 heavy (non-hydrogen) atoms. The number of aliphatic carboxylic acids is 1. The molecule has 0 aliphatic heterocycles. The molecule has 0 aromatic heterocycles. The molecule has 1 unspecified atom stereocenters. The van der Waals surface area contributed by atoms with Crippen molar-refractivity contribution < 1.29 is 9.90 Å². The van der Waals surface area contributed by atoms with Crippen molar-refractivity contribution in [1.29, 1.82) is 0 Å². The molecule has 0 saturated carbocycles. The summed E-state index contributed by atoms with van der Waals surface area (Å²) in [6.45, 7) is 4.17. The van der Waals surface area contributed by atoms with E-state index in [1.807, 2.05) is 18.2 Å². The molecular formula is C18H22ClNO2S. The van der Waals surface area contributed by atoms with Crippen molar-refractivity contribution in [3.05, 3.63) is 60.2 Å². The Labute approximate surface area is 147 Å². The Kier molecular flexibility index (Phi) is 7.13. The molecule has 0 bridgehead atoms. The van der Waals surface area contributed by atoms with Gasteiger partial charge in [-0.05, 0) is 30.5 Å². The van der Waals surface area contributed by atoms with E-state index in [0.29, 0.717) is 5.75 Å². The monoisotopic (exact) mass is 351 g/mol. The summed E-state index contributed by atoms with van der Waals surface area (Å²) >= 11 is 1.56. The first-order valence-corrected chi connectivity index (χ1v) is 8.17. The molecule has 1 atom stereocenters. The fourth-order valence-electron chi connectivity index (χ4n) is 2.15. The number of carboxylic acid groups (broad SMARTS) is 1. The summed E-state index contributed by atoms with van der Waals surface area (Å²) in [5, 5.41) is 8.87. The summed E-state index contributed by atoms with van der Waals surface area (Å²) in [6, 6.07) is 17.8. The van der Waals surface area contributed by atoms with Gasteiger partial charge in [-0.1, -0.05) is 54.6 Å². The standard InChI is InChI=1S/C18H21NO2S.ClH/c1-18(2,22-12-16(19)17(20)21)15-10-8-14(9-11-15)13-6-4-3-5-7-13;/h3-11,16H,12,19H2,1-2H3,(H,20,21);1H. The van der Waals surface area contributed by atoms with Crippen LogP contribution in [0.25, 0.3) is 11.1 Å². The predicted octanol–water partition coefficient (Wildman–Crippen LogP) is 4.16. The van der Waals surface area contributed by atoms with Crippen LogP contribution in [0.3, 0.4) is 0 Å². The van der Waals surface area contributed by atoms with E-state index in [-0.39, 0.29) is 17.2 Å². The minimum atomic E-state index is -0.956. The van der Waals surface area contributed by atoms with Gasteiger partial charge in [0.1, 0.15) is 6.04 Å². The minimum Gasteiger partial charge on any atom is -0.480 e. The van der Waals surface area contributed by atoms with E-state index in [1.54, 1.807) is 11.8 Å². The first-order chi connectivity index (χ1) is 10.4. The van der Waals surface area contributed by atoms with E-state index in [0.717, 1.165) is 5.56 Å². The van der Waals surface area contributed by atoms with E-state index in [9.17, 15) is 4.79 Å². The van der Waals surface area contributed by atoms with Crippen LogP contribution >= 0.6 is 24.2 Å². The van der Waals surface area contributed by atoms with Gasteiger partial charge in [-0.15, -0.1) is 24.2 Å². The van der Waals surface area contributed by atoms with Gasteiger partial charge in [-0.25, -0.2) is 0 Å². The third-order valence-corrected chi connectivity index (χ3v) is 5.11. The topological polar surface area (TPSA) is 63.3 Å². The molecular weight excluding hydrogens is 330 g/mol. The Morgan fingerprint density at radius 2 is 1.61 bits per heavy atom. The highest BCUT2D eigenvalue weighted by molar-refractivity contribution is 8.00. The van der Waals surface area contributed by atoms with Crippen LogP contribution in [0.4, 0.5) is 0 Å². The maximum Gasteiger partial charge on any atom is 0.321 e. The summed E-state index contributed by atoms with van der Waals surface area (Å²) in [6.07, 6.45) is 0. The maximum absolute atomic E-state index is 10.8. The molecule has 3 N–H and O–H groups in total. The van der Waals surface area contributed by atoms with Crippen molar-refractivity contribution in [2.75, 3.05) is 5.75 Å². The summed E-state index contributed by atoms with van der Waals surface area (Å²) < 4.78 is -0.178. The van der Waals surface area contributed by atoms with Gasteiger partial charge < -0.3 is 10.8 Å². The zero-order chi connectivity index (χ0) is 16.2. The highest BCUT2D eigenvalue weighted by Gasteiger charge is 2.24. The third kappa shape index (κ3) is 5.27. The van der Waals surface area contributed by atoms with Crippen molar-refractivity contribution in [2.24, 2.45) is 5.73 Å². The molecule has 2 aromatic rings. The number of benzene rings is 2. The van der Waals surface area contributed by atoms with Crippen LogP contribution in [0.5, 0.6) is 0 Å². The molecule has 0 fully saturated rings. The maximum atomic E-state index is 10.8. The van der Waals surface area contributed by atoms with Crippen LogP contribution in [0.1, 0.15) is 19.4 Å². The molecule has 124 valence electrons. The predicted molar refractivity (Wildman–Crippen MR) is 100 cm³/mol. The van der Waals surface area contributed by atoms with Crippen LogP contribution in [0.2, 0.25) is 0 Å². The lowest BCUT2D eigenvalue weighted by Gasteiger charge is -2.26. The Morgan fingerprint density at radius 3 is 2.13 bits per heavy atom. The van der Waals surface area contributed by atoms with Crippen LogP contribution in [-0.2, 0) is 9.54 Å². The molecule has 0 saturated heterocycles. The second kappa shape index (κ2) is 8.39. The zero-order valence-electron chi connectivity index (χ0n) is 13.2. The van der Waals surface area contributed by atoms with E-state index >= 15 is 0 Å². The van der Waals surface area contributed by atoms with Gasteiger partial charge in [0.15, 0.2) is 0 Å². The Hall–Kier alpha value is -1.49. The number of carboxylic acids is 1. The van der Waals surface area contributed by atoms with Crippen LogP contribution < -0.4 is 5.73 Å². The summed E-state index contributed by atoms with van der Waals surface area (Å²) in [4.78, 5) is 10.8. The Morgan fingerprint density at radius 1 is 1.09 bits per heavy atom. The quantitative estimate of drug-likeness (QED) is 0.820. The minimum absolute atomic E-state index is 0. The van der Waals surface area contributed by atoms with Gasteiger partial charge in [0.05, 0.1) is 0 Å². The van der Waals surface area contributed by atoms with Gasteiger partial charge in [0.2, 0.25) is 0 Å². The highest BCUT2D eigenvalue weighted by atomic mass is 35.5. The lowest BCUT2D eigenvalue weighted by molar-refractivity contribution is -0.137. The second-order valence-corrected chi connectivity index (χ2v) is 7.35. The second-order valence-electron chi connectivity index (χ2n) is 5.71. The Bertz CT molecular complexity index is 629. The first kappa shape index (κ1) is 19.6. The average molecular weight is 352 g/mol. The fourth-order valence-corrected chi connectivity index (χ4v) is 3.19. The summed E-state index contributed by atoms with van der Waals surface area (Å²) in [5.41, 5.74) is 9.10. The molecule has 0 amide bonds. The lowest BCUT2D eigenvalue weighted by atomic mass is 9.98. The summed E-state index contributed by atoms with van der Waals surface area (Å²) in [5.74, 6) is -0.564.